The smallest absolute Gasteiger partial charge is 0.483 e. The van der Waals surface area contributed by atoms with E-state index in [4.69, 9.17) is 22.1 Å². The highest BCUT2D eigenvalue weighted by atomic mass is 35.5. The highest BCUT2D eigenvalue weighted by molar-refractivity contribution is 6.18. The van der Waals surface area contributed by atoms with Crippen molar-refractivity contribution in [3.05, 3.63) is 75.7 Å². The lowest BCUT2D eigenvalue weighted by Crippen LogP contribution is -2.37. The zero-order chi connectivity index (χ0) is 28.0. The number of imidazole rings is 1. The van der Waals surface area contributed by atoms with E-state index in [1.165, 1.54) is 27.6 Å². The number of amides is 1. The van der Waals surface area contributed by atoms with Crippen LogP contribution in [-0.4, -0.2) is 37.9 Å². The van der Waals surface area contributed by atoms with Gasteiger partial charge < -0.3 is 19.8 Å². The first-order valence-corrected chi connectivity index (χ1v) is 12.2. The molecule has 38 heavy (non-hydrogen) atoms. The zero-order valence-corrected chi connectivity index (χ0v) is 21.9. The summed E-state index contributed by atoms with van der Waals surface area (Å²) in [7, 11) is 0. The summed E-state index contributed by atoms with van der Waals surface area (Å²) in [4.78, 5) is 30.8. The number of primary amides is 1. The van der Waals surface area contributed by atoms with Crippen LogP contribution in [0.5, 0.6) is 11.5 Å². The van der Waals surface area contributed by atoms with Gasteiger partial charge in [-0.3, -0.25) is 14.2 Å². The molecule has 8 nitrogen and oxygen atoms in total. The number of rotatable bonds is 7. The molecule has 0 saturated heterocycles. The van der Waals surface area contributed by atoms with E-state index >= 15 is 0 Å². The van der Waals surface area contributed by atoms with Gasteiger partial charge in [-0.1, -0.05) is 0 Å². The monoisotopic (exact) mass is 550 g/mol. The van der Waals surface area contributed by atoms with Gasteiger partial charge in [-0.15, -0.1) is 24.8 Å². The van der Waals surface area contributed by atoms with Crippen molar-refractivity contribution in [3.63, 3.8) is 0 Å². The summed E-state index contributed by atoms with van der Waals surface area (Å²) < 4.78 is 51.7. The third kappa shape index (κ3) is 5.42. The molecule has 12 heteroatoms. The molecule has 1 unspecified atom stereocenters. The van der Waals surface area contributed by atoms with Gasteiger partial charge in [-0.2, -0.15) is 0 Å². The van der Waals surface area contributed by atoms with Gasteiger partial charge in [-0.25, -0.2) is 4.98 Å². The Morgan fingerprint density at radius 3 is 2.58 bits per heavy atom. The van der Waals surface area contributed by atoms with Crippen LogP contribution in [0.3, 0.4) is 0 Å². The van der Waals surface area contributed by atoms with Gasteiger partial charge in [0.05, 0.1) is 18.1 Å². The average Bonchev–Trinajstić information content (AvgIpc) is 3.23. The number of aryl methyl sites for hydroxylation is 2. The van der Waals surface area contributed by atoms with E-state index in [9.17, 15) is 22.8 Å². The minimum atomic E-state index is -4.90. The van der Waals surface area contributed by atoms with Crippen molar-refractivity contribution < 1.29 is 27.4 Å². The van der Waals surface area contributed by atoms with Gasteiger partial charge in [0, 0.05) is 17.6 Å². The predicted molar refractivity (Wildman–Crippen MR) is 136 cm³/mol. The highest BCUT2D eigenvalue weighted by Crippen LogP contribution is 2.43. The molecule has 0 aliphatic carbocycles. The minimum absolute atomic E-state index is 0.0434. The van der Waals surface area contributed by atoms with E-state index in [1.54, 1.807) is 46.0 Å². The maximum atomic E-state index is 13.9. The zero-order valence-electron chi connectivity index (χ0n) is 21.1. The fourth-order valence-corrected chi connectivity index (χ4v) is 4.83. The quantitative estimate of drug-likeness (QED) is 0.420. The Kier molecular flexibility index (Phi) is 7.09. The van der Waals surface area contributed by atoms with E-state index in [0.29, 0.717) is 22.6 Å². The first-order valence-electron chi connectivity index (χ1n) is 11.7. The summed E-state index contributed by atoms with van der Waals surface area (Å²) in [5.41, 5.74) is 6.36. The Morgan fingerprint density at radius 2 is 2.00 bits per heavy atom. The Morgan fingerprint density at radius 1 is 1.29 bits per heavy atom. The maximum Gasteiger partial charge on any atom is 0.573 e. The lowest BCUT2D eigenvalue weighted by Gasteiger charge is -2.34. The van der Waals surface area contributed by atoms with Gasteiger partial charge in [0.25, 0.3) is 11.5 Å². The molecule has 0 fully saturated rings. The number of pyridine rings is 1. The van der Waals surface area contributed by atoms with Crippen molar-refractivity contribution in [1.29, 1.82) is 0 Å². The molecule has 3 heterocycles. The van der Waals surface area contributed by atoms with Crippen molar-refractivity contribution in [2.75, 3.05) is 5.88 Å². The molecule has 4 rings (SSSR count). The van der Waals surface area contributed by atoms with Crippen molar-refractivity contribution >= 4 is 23.1 Å². The number of nitrogens with zero attached hydrogens (tertiary/aromatic N) is 3. The molecule has 0 bridgehead atoms. The number of carbonyl (C=O) groups excluding carboxylic acids is 1. The molecular weight excluding hydrogens is 525 g/mol. The van der Waals surface area contributed by atoms with Crippen LogP contribution in [0.25, 0.3) is 11.3 Å². The predicted octanol–water partition coefficient (Wildman–Crippen LogP) is 4.94. The maximum absolute atomic E-state index is 13.9. The van der Waals surface area contributed by atoms with Crippen molar-refractivity contribution in [2.45, 2.75) is 52.1 Å². The molecule has 1 aromatic carbocycles. The van der Waals surface area contributed by atoms with Crippen LogP contribution >= 0.6 is 11.6 Å². The normalized spacial score (nSPS) is 15.3. The topological polar surface area (TPSA) is 101 Å². The second-order valence-electron chi connectivity index (χ2n) is 9.49. The molecule has 0 spiro atoms. The van der Waals surface area contributed by atoms with E-state index < -0.39 is 35.2 Å². The fraction of sp³-hybridized carbons (Fsp3) is 0.346. The lowest BCUT2D eigenvalue weighted by atomic mass is 9.89. The number of hydrogen-bond donors (Lipinski definition) is 1. The minimum Gasteiger partial charge on any atom is -0.483 e. The van der Waals surface area contributed by atoms with Gasteiger partial charge in [-0.05, 0) is 75.6 Å². The fourth-order valence-electron chi connectivity index (χ4n) is 4.62. The molecule has 202 valence electrons. The molecule has 1 amide bonds. The number of alkyl halides is 4. The number of benzene rings is 1. The number of carbonyl (C=O) groups is 1. The Hall–Kier alpha value is -3.73. The lowest BCUT2D eigenvalue weighted by molar-refractivity contribution is -0.274. The second kappa shape index (κ2) is 9.86. The van der Waals surface area contributed by atoms with Gasteiger partial charge in [0.1, 0.15) is 28.5 Å². The number of hydrogen-bond acceptors (Lipinski definition) is 5. The summed E-state index contributed by atoms with van der Waals surface area (Å²) in [6, 6.07) is 4.42. The van der Waals surface area contributed by atoms with Crippen LogP contribution in [0.4, 0.5) is 13.2 Å². The molecular formula is C26H26ClF3N4O4. The second-order valence-corrected chi connectivity index (χ2v) is 9.87. The van der Waals surface area contributed by atoms with Crippen LogP contribution in [0, 0.1) is 6.92 Å². The molecule has 1 atom stereocenters. The Bertz CT molecular complexity index is 1490. The van der Waals surface area contributed by atoms with Crippen molar-refractivity contribution in [2.24, 2.45) is 5.73 Å². The first-order chi connectivity index (χ1) is 17.7. The largest absolute Gasteiger partial charge is 0.573 e. The summed E-state index contributed by atoms with van der Waals surface area (Å²) in [5, 5.41) is 0. The molecule has 2 aromatic heterocycles. The van der Waals surface area contributed by atoms with Crippen LogP contribution in [0.15, 0.2) is 47.7 Å². The molecule has 1 aliphatic rings. The van der Waals surface area contributed by atoms with Gasteiger partial charge >= 0.3 is 6.36 Å². The molecule has 2 N–H and O–H groups in total. The Balaban J connectivity index is 1.98. The highest BCUT2D eigenvalue weighted by Gasteiger charge is 2.35. The van der Waals surface area contributed by atoms with E-state index in [0.717, 1.165) is 6.07 Å². The number of halogens is 4. The Labute approximate surface area is 221 Å². The number of allylic oxidation sites excluding steroid dienone is 1. The average molecular weight is 551 g/mol. The third-order valence-corrected chi connectivity index (χ3v) is 6.28. The molecule has 0 radical (unpaired) electrons. The van der Waals surface area contributed by atoms with Crippen LogP contribution < -0.4 is 20.8 Å². The summed E-state index contributed by atoms with van der Waals surface area (Å²) in [5.74, 6) is -0.848. The number of ether oxygens (including phenoxy) is 2. The first kappa shape index (κ1) is 27.3. The number of nitrogens with two attached hydrogens (primary N) is 1. The van der Waals surface area contributed by atoms with Crippen molar-refractivity contribution in [1.82, 2.24) is 14.1 Å². The van der Waals surface area contributed by atoms with Gasteiger partial charge in [0.15, 0.2) is 0 Å². The third-order valence-electron chi connectivity index (χ3n) is 6.09. The summed E-state index contributed by atoms with van der Waals surface area (Å²) in [6.45, 7) is 6.96. The van der Waals surface area contributed by atoms with Crippen LogP contribution in [0.2, 0.25) is 0 Å². The van der Waals surface area contributed by atoms with Crippen LogP contribution in [0.1, 0.15) is 54.1 Å². The number of aromatic nitrogens is 3. The number of fused-ring (bicyclic) bond motifs is 1. The summed E-state index contributed by atoms with van der Waals surface area (Å²) in [6.07, 6.45) is 0.170. The van der Waals surface area contributed by atoms with E-state index in [2.05, 4.69) is 9.72 Å². The van der Waals surface area contributed by atoms with Crippen LogP contribution in [-0.2, 0) is 6.42 Å². The SMILES string of the molecule is Cc1cn(-c2cc(CCCl)c(C(N)=O)n(C(C)C3=CC(C)(C)Oc4ccc(OC(F)(F)F)cc43)c2=O)cn1. The van der Waals surface area contributed by atoms with E-state index in [-0.39, 0.29) is 29.2 Å². The standard InChI is InChI=1S/C26H26ClF3N4O4/c1-14-12-33(13-32-14)20-9-16(7-8-27)22(23(31)35)34(24(20)36)15(2)19-11-25(3,4)38-21-6-5-17(10-18(19)21)37-26(28,29)30/h5-6,9-13,15H,7-8H2,1-4H3,(H2,31,35). The van der Waals surface area contributed by atoms with E-state index in [1.807, 2.05) is 0 Å². The molecule has 3 aromatic rings. The van der Waals surface area contributed by atoms with Crippen molar-refractivity contribution in [3.8, 4) is 17.2 Å². The molecule has 1 aliphatic heterocycles. The summed E-state index contributed by atoms with van der Waals surface area (Å²) >= 11 is 6.02. The van der Waals surface area contributed by atoms with Gasteiger partial charge in [0.2, 0.25) is 0 Å². The molecule has 0 saturated carbocycles.